The van der Waals surface area contributed by atoms with E-state index in [2.05, 4.69) is 66.7 Å². The summed E-state index contributed by atoms with van der Waals surface area (Å²) in [6.07, 6.45) is 0. The molecule has 0 bridgehead atoms. The van der Waals surface area contributed by atoms with Crippen LogP contribution in [0.2, 0.25) is 0 Å². The summed E-state index contributed by atoms with van der Waals surface area (Å²) in [4.78, 5) is 0. The van der Waals surface area contributed by atoms with Crippen molar-refractivity contribution in [1.29, 1.82) is 0 Å². The molecule has 0 saturated heterocycles. The van der Waals surface area contributed by atoms with Crippen LogP contribution >= 0.6 is 7.44 Å². The van der Waals surface area contributed by atoms with E-state index in [1.54, 1.807) is 0 Å². The molecule has 1 atom stereocenters. The molecule has 8 aromatic rings. The third-order valence-electron chi connectivity index (χ3n) is 8.98. The van der Waals surface area contributed by atoms with Gasteiger partial charge in [0.15, 0.2) is 0 Å². The standard InChI is InChI=1S/C42H29N2O2P/c45-47(35-20-8-3-9-21-35)43(33-16-4-1-5-17-33)39-27-26-31(29-40(39)44(47)34-18-6-2-7-19-34)30-14-12-15-32(28-30)36-23-13-24-38-37-22-10-11-25-41(37)46-42(36)38/h1-29H. The van der Waals surface area contributed by atoms with Gasteiger partial charge in [-0.25, -0.2) is 0 Å². The molecule has 7 aromatic carbocycles. The fraction of sp³-hybridized carbons (Fsp3) is 0. The van der Waals surface area contributed by atoms with Crippen molar-refractivity contribution in [3.63, 3.8) is 0 Å². The van der Waals surface area contributed by atoms with Crippen LogP contribution < -0.4 is 14.6 Å². The third-order valence-corrected chi connectivity index (χ3v) is 11.9. The molecule has 0 N–H and O–H groups in total. The van der Waals surface area contributed by atoms with Crippen LogP contribution in [0.15, 0.2) is 180 Å². The number of hydrogen-bond acceptors (Lipinski definition) is 2. The van der Waals surface area contributed by atoms with Crippen molar-refractivity contribution in [3.05, 3.63) is 176 Å². The smallest absolute Gasteiger partial charge is 0.301 e. The second-order valence-electron chi connectivity index (χ2n) is 11.7. The summed E-state index contributed by atoms with van der Waals surface area (Å²) >= 11 is 0. The van der Waals surface area contributed by atoms with Crippen LogP contribution in [0.1, 0.15) is 0 Å². The normalized spacial score (nSPS) is 15.7. The fourth-order valence-electron chi connectivity index (χ4n) is 6.86. The number of furan rings is 1. The highest BCUT2D eigenvalue weighted by atomic mass is 31.2. The Bertz CT molecular complexity index is 2460. The van der Waals surface area contributed by atoms with E-state index in [0.717, 1.165) is 72.2 Å². The molecule has 9 rings (SSSR count). The van der Waals surface area contributed by atoms with Crippen molar-refractivity contribution < 1.29 is 8.98 Å². The van der Waals surface area contributed by atoms with Gasteiger partial charge in [0.05, 0.1) is 16.7 Å². The highest BCUT2D eigenvalue weighted by Gasteiger charge is 2.49. The lowest BCUT2D eigenvalue weighted by atomic mass is 9.97. The summed E-state index contributed by atoms with van der Waals surface area (Å²) in [5, 5.41) is 2.99. The first-order valence-corrected chi connectivity index (χ1v) is 17.3. The van der Waals surface area contributed by atoms with Gasteiger partial charge >= 0.3 is 7.44 Å². The molecule has 1 aromatic heterocycles. The van der Waals surface area contributed by atoms with Gasteiger partial charge in [-0.3, -0.25) is 13.9 Å². The Morgan fingerprint density at radius 3 is 1.77 bits per heavy atom. The van der Waals surface area contributed by atoms with Crippen LogP contribution in [-0.2, 0) is 4.57 Å². The second-order valence-corrected chi connectivity index (χ2v) is 14.1. The van der Waals surface area contributed by atoms with Gasteiger partial charge in [0.2, 0.25) is 0 Å². The van der Waals surface area contributed by atoms with Gasteiger partial charge in [0.25, 0.3) is 0 Å². The van der Waals surface area contributed by atoms with Crippen LogP contribution in [-0.4, -0.2) is 0 Å². The number of rotatable bonds is 5. The number of hydrogen-bond donors (Lipinski definition) is 0. The summed E-state index contributed by atoms with van der Waals surface area (Å²) in [7, 11) is -3.42. The molecular formula is C42H29N2O2P. The van der Waals surface area contributed by atoms with Crippen LogP contribution in [0, 0.1) is 0 Å². The summed E-state index contributed by atoms with van der Waals surface area (Å²) in [6, 6.07) is 59.5. The van der Waals surface area contributed by atoms with Crippen molar-refractivity contribution >= 4 is 57.4 Å². The molecular weight excluding hydrogens is 595 g/mol. The summed E-state index contributed by atoms with van der Waals surface area (Å²) in [5.41, 5.74) is 9.57. The molecule has 224 valence electrons. The Kier molecular flexibility index (Phi) is 6.38. The highest BCUT2D eigenvalue weighted by molar-refractivity contribution is 7.76. The fourth-order valence-corrected chi connectivity index (χ4v) is 9.86. The second kappa shape index (κ2) is 10.9. The Labute approximate surface area is 273 Å². The average Bonchev–Trinajstić information content (AvgIpc) is 3.65. The summed E-state index contributed by atoms with van der Waals surface area (Å²) < 4.78 is 26.3. The number of nitrogens with zero attached hydrogens (tertiary/aromatic N) is 2. The first kappa shape index (κ1) is 27.5. The zero-order chi connectivity index (χ0) is 31.4. The van der Waals surface area contributed by atoms with Crippen LogP contribution in [0.4, 0.5) is 22.7 Å². The molecule has 0 amide bonds. The van der Waals surface area contributed by atoms with Gasteiger partial charge in [-0.15, -0.1) is 0 Å². The maximum Gasteiger partial charge on any atom is 0.301 e. The van der Waals surface area contributed by atoms with Crippen molar-refractivity contribution in [2.75, 3.05) is 9.34 Å². The molecule has 0 aliphatic carbocycles. The Morgan fingerprint density at radius 2 is 1.02 bits per heavy atom. The first-order chi connectivity index (χ1) is 23.2. The molecule has 0 fully saturated rings. The van der Waals surface area contributed by atoms with Gasteiger partial charge in [0.1, 0.15) is 11.2 Å². The minimum atomic E-state index is -3.42. The van der Waals surface area contributed by atoms with E-state index in [-0.39, 0.29) is 0 Å². The van der Waals surface area contributed by atoms with E-state index in [1.165, 1.54) is 0 Å². The SMILES string of the molecule is O=P1(c2ccccc2)N(c2ccccc2)c2ccc(-c3cccc(-c4cccc5c4oc4ccccc45)c3)cc2N1c1ccccc1. The van der Waals surface area contributed by atoms with Gasteiger partial charge in [-0.2, -0.15) is 0 Å². The zero-order valence-corrected chi connectivity index (χ0v) is 26.3. The van der Waals surface area contributed by atoms with E-state index in [9.17, 15) is 0 Å². The predicted molar refractivity (Wildman–Crippen MR) is 195 cm³/mol. The van der Waals surface area contributed by atoms with Crippen molar-refractivity contribution in [2.45, 2.75) is 0 Å². The number of para-hydroxylation sites is 4. The van der Waals surface area contributed by atoms with E-state index >= 15 is 4.57 Å². The molecule has 0 spiro atoms. The molecule has 5 heteroatoms. The topological polar surface area (TPSA) is 36.7 Å². The van der Waals surface area contributed by atoms with E-state index in [0.29, 0.717) is 0 Å². The highest BCUT2D eigenvalue weighted by Crippen LogP contribution is 2.70. The van der Waals surface area contributed by atoms with Crippen molar-refractivity contribution in [3.8, 4) is 22.3 Å². The first-order valence-electron chi connectivity index (χ1n) is 15.7. The van der Waals surface area contributed by atoms with E-state index < -0.39 is 7.44 Å². The Morgan fingerprint density at radius 1 is 0.447 bits per heavy atom. The quantitative estimate of drug-likeness (QED) is 0.179. The lowest BCUT2D eigenvalue weighted by Crippen LogP contribution is -2.26. The maximum atomic E-state index is 15.9. The predicted octanol–water partition coefficient (Wildman–Crippen LogP) is 11.7. The van der Waals surface area contributed by atoms with Gasteiger partial charge in [-0.1, -0.05) is 115 Å². The molecule has 47 heavy (non-hydrogen) atoms. The average molecular weight is 625 g/mol. The van der Waals surface area contributed by atoms with Crippen LogP contribution in [0.5, 0.6) is 0 Å². The van der Waals surface area contributed by atoms with Gasteiger partial charge < -0.3 is 4.42 Å². The number of benzene rings is 7. The minimum absolute atomic E-state index is 0.770. The van der Waals surface area contributed by atoms with E-state index in [1.807, 2.05) is 119 Å². The Balaban J connectivity index is 1.23. The van der Waals surface area contributed by atoms with Gasteiger partial charge in [-0.05, 0) is 77.4 Å². The lowest BCUT2D eigenvalue weighted by molar-refractivity contribution is 0.582. The zero-order valence-electron chi connectivity index (χ0n) is 25.4. The van der Waals surface area contributed by atoms with Crippen molar-refractivity contribution in [1.82, 2.24) is 0 Å². The number of fused-ring (bicyclic) bond motifs is 4. The molecule has 0 saturated carbocycles. The molecule has 0 radical (unpaired) electrons. The third kappa shape index (κ3) is 4.34. The molecule has 4 nitrogen and oxygen atoms in total. The Hall–Kier alpha value is -5.83. The number of anilines is 4. The van der Waals surface area contributed by atoms with Gasteiger partial charge in [0, 0.05) is 27.7 Å². The monoisotopic (exact) mass is 624 g/mol. The summed E-state index contributed by atoms with van der Waals surface area (Å²) in [5.74, 6) is 0. The minimum Gasteiger partial charge on any atom is -0.455 e. The molecule has 2 heterocycles. The maximum absolute atomic E-state index is 15.9. The van der Waals surface area contributed by atoms with E-state index in [4.69, 9.17) is 4.42 Å². The van der Waals surface area contributed by atoms with Crippen LogP contribution in [0.3, 0.4) is 0 Å². The lowest BCUT2D eigenvalue weighted by Gasteiger charge is -2.33. The van der Waals surface area contributed by atoms with Crippen molar-refractivity contribution in [2.24, 2.45) is 0 Å². The van der Waals surface area contributed by atoms with Crippen LogP contribution in [0.25, 0.3) is 44.2 Å². The summed E-state index contributed by atoms with van der Waals surface area (Å²) in [6.45, 7) is 0. The largest absolute Gasteiger partial charge is 0.455 e. The molecule has 1 unspecified atom stereocenters. The molecule has 1 aliphatic heterocycles. The molecule has 1 aliphatic rings.